The Morgan fingerprint density at radius 3 is 2.38 bits per heavy atom. The Morgan fingerprint density at radius 1 is 1.25 bits per heavy atom. The highest BCUT2D eigenvalue weighted by Gasteiger charge is 2.24. The van der Waals surface area contributed by atoms with E-state index < -0.39 is 6.10 Å². The summed E-state index contributed by atoms with van der Waals surface area (Å²) in [6.07, 6.45) is -0.554. The fourth-order valence-corrected chi connectivity index (χ4v) is 1.96. The van der Waals surface area contributed by atoms with Crippen molar-refractivity contribution in [2.45, 2.75) is 26.0 Å². The second kappa shape index (κ2) is 5.87. The van der Waals surface area contributed by atoms with Crippen molar-refractivity contribution in [1.82, 2.24) is 5.32 Å². The molecule has 2 unspecified atom stereocenters. The summed E-state index contributed by atoms with van der Waals surface area (Å²) in [5.74, 6) is 1.08. The Hall–Kier alpha value is -1.06. The Morgan fingerprint density at radius 2 is 1.88 bits per heavy atom. The third-order valence-electron chi connectivity index (χ3n) is 2.85. The summed E-state index contributed by atoms with van der Waals surface area (Å²) >= 11 is 0. The third kappa shape index (κ3) is 2.74. The summed E-state index contributed by atoms with van der Waals surface area (Å²) < 4.78 is 5.25. The zero-order chi connectivity index (χ0) is 12.1. The van der Waals surface area contributed by atoms with Crippen LogP contribution in [-0.4, -0.2) is 25.3 Å². The van der Waals surface area contributed by atoms with E-state index in [1.807, 2.05) is 31.3 Å². The molecule has 0 spiro atoms. The van der Waals surface area contributed by atoms with Crippen molar-refractivity contribution in [1.29, 1.82) is 0 Å². The molecule has 0 aromatic heterocycles. The van der Waals surface area contributed by atoms with Gasteiger partial charge in [0.05, 0.1) is 13.2 Å². The molecule has 2 atom stereocenters. The highest BCUT2D eigenvalue weighted by molar-refractivity contribution is 5.35. The molecule has 3 heteroatoms. The minimum absolute atomic E-state index is 0.0244. The quantitative estimate of drug-likeness (QED) is 0.802. The second-order valence-electron chi connectivity index (χ2n) is 4.25. The van der Waals surface area contributed by atoms with Crippen molar-refractivity contribution in [2.24, 2.45) is 5.92 Å². The minimum Gasteiger partial charge on any atom is -0.496 e. The first-order valence-electron chi connectivity index (χ1n) is 5.60. The summed E-state index contributed by atoms with van der Waals surface area (Å²) in [4.78, 5) is 0. The van der Waals surface area contributed by atoms with E-state index in [4.69, 9.17) is 4.74 Å². The fraction of sp³-hybridized carbons (Fsp3) is 0.538. The summed E-state index contributed by atoms with van der Waals surface area (Å²) in [7, 11) is 3.48. The number of ether oxygens (including phenoxy) is 1. The molecule has 0 bridgehead atoms. The summed E-state index contributed by atoms with van der Waals surface area (Å²) in [5.41, 5.74) is 0.832. The van der Waals surface area contributed by atoms with Crippen molar-refractivity contribution in [2.75, 3.05) is 14.2 Å². The van der Waals surface area contributed by atoms with E-state index in [1.165, 1.54) is 0 Å². The van der Waals surface area contributed by atoms with E-state index in [-0.39, 0.29) is 6.04 Å². The molecule has 2 N–H and O–H groups in total. The lowest BCUT2D eigenvalue weighted by atomic mass is 9.93. The molecule has 0 fully saturated rings. The molecule has 16 heavy (non-hydrogen) atoms. The van der Waals surface area contributed by atoms with Crippen LogP contribution in [0.5, 0.6) is 5.75 Å². The van der Waals surface area contributed by atoms with Gasteiger partial charge in [-0.1, -0.05) is 32.0 Å². The summed E-state index contributed by atoms with van der Waals surface area (Å²) in [5, 5.41) is 13.5. The fourth-order valence-electron chi connectivity index (χ4n) is 1.96. The van der Waals surface area contributed by atoms with Crippen LogP contribution in [0.2, 0.25) is 0 Å². The van der Waals surface area contributed by atoms with Crippen LogP contribution in [0.4, 0.5) is 0 Å². The maximum Gasteiger partial charge on any atom is 0.124 e. The number of nitrogens with one attached hydrogen (secondary N) is 1. The SMILES string of the molecule is CNC(C(C)C)C(O)c1ccccc1OC. The predicted molar refractivity (Wildman–Crippen MR) is 65.6 cm³/mol. The lowest BCUT2D eigenvalue weighted by molar-refractivity contribution is 0.107. The van der Waals surface area contributed by atoms with Crippen molar-refractivity contribution in [3.8, 4) is 5.75 Å². The molecule has 0 saturated carbocycles. The number of benzene rings is 1. The van der Waals surface area contributed by atoms with Gasteiger partial charge in [-0.25, -0.2) is 0 Å². The topological polar surface area (TPSA) is 41.5 Å². The predicted octanol–water partition coefficient (Wildman–Crippen LogP) is 1.97. The molecule has 1 aromatic rings. The van der Waals surface area contributed by atoms with Crippen molar-refractivity contribution >= 4 is 0 Å². The largest absolute Gasteiger partial charge is 0.496 e. The number of aliphatic hydroxyl groups is 1. The van der Waals surface area contributed by atoms with Gasteiger partial charge in [-0.3, -0.25) is 0 Å². The zero-order valence-corrected chi connectivity index (χ0v) is 10.4. The van der Waals surface area contributed by atoms with Crippen LogP contribution in [0.1, 0.15) is 25.5 Å². The van der Waals surface area contributed by atoms with E-state index in [2.05, 4.69) is 19.2 Å². The van der Waals surface area contributed by atoms with E-state index >= 15 is 0 Å². The van der Waals surface area contributed by atoms with Gasteiger partial charge in [-0.2, -0.15) is 0 Å². The van der Waals surface area contributed by atoms with Gasteiger partial charge >= 0.3 is 0 Å². The first-order chi connectivity index (χ1) is 7.61. The number of aliphatic hydroxyl groups excluding tert-OH is 1. The average molecular weight is 223 g/mol. The van der Waals surface area contributed by atoms with Crippen LogP contribution >= 0.6 is 0 Å². The van der Waals surface area contributed by atoms with Gasteiger partial charge in [0.25, 0.3) is 0 Å². The van der Waals surface area contributed by atoms with Gasteiger partial charge < -0.3 is 15.2 Å². The summed E-state index contributed by atoms with van der Waals surface area (Å²) in [6, 6.07) is 7.60. The van der Waals surface area contributed by atoms with E-state index in [0.29, 0.717) is 5.92 Å². The standard InChI is InChI=1S/C13H21NO2/c1-9(2)12(14-3)13(15)10-7-5-6-8-11(10)16-4/h5-9,12-15H,1-4H3. The Kier molecular flexibility index (Phi) is 4.77. The number of methoxy groups -OCH3 is 1. The number of rotatable bonds is 5. The van der Waals surface area contributed by atoms with E-state index in [0.717, 1.165) is 11.3 Å². The zero-order valence-electron chi connectivity index (χ0n) is 10.4. The second-order valence-corrected chi connectivity index (χ2v) is 4.25. The average Bonchev–Trinajstić information content (AvgIpc) is 2.29. The number of hydrogen-bond donors (Lipinski definition) is 2. The van der Waals surface area contributed by atoms with Gasteiger partial charge in [0.15, 0.2) is 0 Å². The van der Waals surface area contributed by atoms with Crippen LogP contribution in [-0.2, 0) is 0 Å². The summed E-state index contributed by atoms with van der Waals surface area (Å²) in [6.45, 7) is 4.17. The highest BCUT2D eigenvalue weighted by atomic mass is 16.5. The Bertz CT molecular complexity index is 325. The Balaban J connectivity index is 2.98. The monoisotopic (exact) mass is 223 g/mol. The van der Waals surface area contributed by atoms with E-state index in [1.54, 1.807) is 7.11 Å². The van der Waals surface area contributed by atoms with E-state index in [9.17, 15) is 5.11 Å². The molecule has 0 heterocycles. The molecule has 0 saturated heterocycles. The number of likely N-dealkylation sites (N-methyl/N-ethyl adjacent to an activating group) is 1. The molecule has 0 aliphatic carbocycles. The smallest absolute Gasteiger partial charge is 0.124 e. The van der Waals surface area contributed by atoms with Crippen molar-refractivity contribution in [3.05, 3.63) is 29.8 Å². The van der Waals surface area contributed by atoms with Crippen molar-refractivity contribution in [3.63, 3.8) is 0 Å². The lowest BCUT2D eigenvalue weighted by Crippen LogP contribution is -2.36. The number of hydrogen-bond acceptors (Lipinski definition) is 3. The first kappa shape index (κ1) is 13.0. The van der Waals surface area contributed by atoms with Crippen LogP contribution in [0, 0.1) is 5.92 Å². The maximum atomic E-state index is 10.3. The van der Waals surface area contributed by atoms with Gasteiger partial charge in [0.1, 0.15) is 5.75 Å². The molecule has 0 radical (unpaired) electrons. The van der Waals surface area contributed by atoms with Crippen LogP contribution in [0.25, 0.3) is 0 Å². The highest BCUT2D eigenvalue weighted by Crippen LogP contribution is 2.29. The van der Waals surface area contributed by atoms with Crippen LogP contribution in [0.15, 0.2) is 24.3 Å². The molecule has 1 aromatic carbocycles. The third-order valence-corrected chi connectivity index (χ3v) is 2.85. The molecule has 1 rings (SSSR count). The molecule has 3 nitrogen and oxygen atoms in total. The minimum atomic E-state index is -0.554. The van der Waals surface area contributed by atoms with Gasteiger partial charge in [-0.05, 0) is 19.0 Å². The molecule has 90 valence electrons. The van der Waals surface area contributed by atoms with Crippen LogP contribution in [0.3, 0.4) is 0 Å². The molecular formula is C13H21NO2. The van der Waals surface area contributed by atoms with Gasteiger partial charge in [0, 0.05) is 11.6 Å². The maximum absolute atomic E-state index is 10.3. The Labute approximate surface area is 97.4 Å². The number of para-hydroxylation sites is 1. The van der Waals surface area contributed by atoms with Crippen molar-refractivity contribution < 1.29 is 9.84 Å². The molecule has 0 amide bonds. The lowest BCUT2D eigenvalue weighted by Gasteiger charge is -2.27. The first-order valence-corrected chi connectivity index (χ1v) is 5.60. The van der Waals surface area contributed by atoms with Crippen LogP contribution < -0.4 is 10.1 Å². The molecule has 0 aliphatic rings. The molecule has 0 aliphatic heterocycles. The molecular weight excluding hydrogens is 202 g/mol. The van der Waals surface area contributed by atoms with Gasteiger partial charge in [0.2, 0.25) is 0 Å². The van der Waals surface area contributed by atoms with Gasteiger partial charge in [-0.15, -0.1) is 0 Å². The normalized spacial score (nSPS) is 14.9.